The average Bonchev–Trinajstić information content (AvgIpc) is 0.664. The molecule has 16 fully saturated rings. The molecular formula is C120H184F8O10. The fraction of sp³-hybridized carbons (Fsp3) is 0.900. The van der Waals surface area contributed by atoms with Crippen molar-refractivity contribution in [3.05, 3.63) is 46.6 Å². The van der Waals surface area contributed by atoms with E-state index in [0.29, 0.717) is 125 Å². The fourth-order valence-corrected chi connectivity index (χ4v) is 42.9. The van der Waals surface area contributed by atoms with Gasteiger partial charge in [-0.3, -0.25) is 19.2 Å². The highest BCUT2D eigenvalue weighted by atomic mass is 19.3. The van der Waals surface area contributed by atoms with Crippen molar-refractivity contribution in [1.82, 2.24) is 0 Å². The molecule has 41 unspecified atom stereocenters. The van der Waals surface area contributed by atoms with E-state index in [1.54, 1.807) is 13.8 Å². The van der Waals surface area contributed by atoms with Gasteiger partial charge in [-0.2, -0.15) is 0 Å². The molecule has 18 heteroatoms. The van der Waals surface area contributed by atoms with E-state index in [0.717, 1.165) is 102 Å². The number of aliphatic hydroxyl groups excluding tert-OH is 1. The third kappa shape index (κ3) is 13.1. The number of aliphatic carboxylic acids is 4. The minimum atomic E-state index is -2.89. The fourth-order valence-electron chi connectivity index (χ4n) is 42.9. The molecule has 0 saturated heterocycles. The van der Waals surface area contributed by atoms with E-state index < -0.39 is 137 Å². The summed E-state index contributed by atoms with van der Waals surface area (Å²) in [5.74, 6) is -7.81. The maximum Gasteiger partial charge on any atom is 0.310 e. The number of hydrogen-bond acceptors (Lipinski definition) is 6. The molecule has 0 aliphatic heterocycles. The van der Waals surface area contributed by atoms with Crippen LogP contribution in [0.2, 0.25) is 0 Å². The van der Waals surface area contributed by atoms with Crippen LogP contribution in [0.4, 0.5) is 35.1 Å². The summed E-state index contributed by atoms with van der Waals surface area (Å²) in [4.78, 5) is 51.1. The lowest BCUT2D eigenvalue weighted by atomic mass is 9.32. The van der Waals surface area contributed by atoms with Crippen LogP contribution in [0, 0.1) is 227 Å². The summed E-state index contributed by atoms with van der Waals surface area (Å²) in [6.07, 6.45) is 27.2. The quantitative estimate of drug-likeness (QED) is 0.117. The Morgan fingerprint density at radius 3 is 1.05 bits per heavy atom. The van der Waals surface area contributed by atoms with E-state index in [1.807, 2.05) is 48.5 Å². The predicted molar refractivity (Wildman–Crippen MR) is 529 cm³/mol. The number of alkyl halides is 8. The van der Waals surface area contributed by atoms with Crippen LogP contribution in [0.1, 0.15) is 406 Å². The van der Waals surface area contributed by atoms with Gasteiger partial charge < -0.3 is 30.6 Å². The second kappa shape index (κ2) is 32.6. The van der Waals surface area contributed by atoms with Gasteiger partial charge in [-0.25, -0.2) is 35.1 Å². The molecule has 41 atom stereocenters. The summed E-state index contributed by atoms with van der Waals surface area (Å²) in [6.45, 7) is 59.8. The molecule has 6 N–H and O–H groups in total. The third-order valence-electron chi connectivity index (χ3n) is 53.9. The number of aliphatic hydroxyl groups is 2. The number of carboxylic acid groups (broad SMARTS) is 4. The third-order valence-corrected chi connectivity index (χ3v) is 53.9. The molecule has 20 aliphatic rings. The number of carboxylic acids is 4. The van der Waals surface area contributed by atoms with Crippen molar-refractivity contribution in [3.63, 3.8) is 0 Å². The zero-order valence-corrected chi connectivity index (χ0v) is 90.3. The Kier molecular flexibility index (Phi) is 24.9. The first-order valence-corrected chi connectivity index (χ1v) is 55.8. The average molecular weight is 1940 g/mol. The lowest BCUT2D eigenvalue weighted by molar-refractivity contribution is -0.303. The maximum absolute atomic E-state index is 16.8. The minimum Gasteiger partial charge on any atom is -0.481 e. The number of fused-ring (bicyclic) bond motifs is 28. The van der Waals surface area contributed by atoms with Crippen LogP contribution in [0.5, 0.6) is 0 Å². The molecule has 0 aromatic heterocycles. The molecule has 0 radical (unpaired) electrons. The summed E-state index contributed by atoms with van der Waals surface area (Å²) in [6, 6.07) is 0. The summed E-state index contributed by atoms with van der Waals surface area (Å²) in [5, 5.41) is 63.4. The first-order valence-electron chi connectivity index (χ1n) is 55.8. The van der Waals surface area contributed by atoms with Gasteiger partial charge in [0.2, 0.25) is 5.85 Å². The number of allylic oxidation sites excluding steroid dienone is 8. The molecular weight excluding hydrogens is 1750 g/mol. The van der Waals surface area contributed by atoms with Crippen LogP contribution in [0.3, 0.4) is 0 Å². The molecule has 0 spiro atoms. The van der Waals surface area contributed by atoms with E-state index in [4.69, 9.17) is 0 Å². The molecule has 10 nitrogen and oxygen atoms in total. The Morgan fingerprint density at radius 1 is 0.304 bits per heavy atom. The number of rotatable bonds is 4. The molecule has 16 saturated carbocycles. The SMILES string of the molecule is CC1CCC2(C(=O)O)CCC3(C)C(=CCC4C5(C)CCC(F)(F)C(C)(C)C5CCC43C)C2C1C.CC1CCC2(C(=O)O)CCC3(C)C(=CCC4C5(C)CCC(F)C(C)(C)C5CC(F)C43C)C2C1C.CC1CCC2(C(=O)O)CCC3(C)C(=CCC4C5(C)CCC(O)(F)C(C)(C)C5CC(F)C43C)C2C1C.CC1CCC2(C(=O)O)CCC3(C)C(=CCC4C5(C)CCC(O)C(C)(C)C5CC(F)(F)C43C)C2C1C. The predicted octanol–water partition coefficient (Wildman–Crippen LogP) is 31.0. The molecule has 0 aromatic carbocycles. The minimum absolute atomic E-state index is 0.00777. The van der Waals surface area contributed by atoms with Crippen molar-refractivity contribution < 1.29 is 84.9 Å². The lowest BCUT2D eigenvalue weighted by Gasteiger charge is -2.72. The van der Waals surface area contributed by atoms with Crippen LogP contribution in [-0.2, 0) is 19.2 Å². The van der Waals surface area contributed by atoms with Crippen LogP contribution in [-0.4, -0.2) is 96.8 Å². The van der Waals surface area contributed by atoms with Crippen LogP contribution >= 0.6 is 0 Å². The molecule has 0 aromatic rings. The van der Waals surface area contributed by atoms with Crippen molar-refractivity contribution in [2.24, 2.45) is 227 Å². The van der Waals surface area contributed by atoms with Crippen molar-refractivity contribution >= 4 is 23.9 Å². The Hall–Kier alpha value is -3.80. The van der Waals surface area contributed by atoms with E-state index in [9.17, 15) is 49.8 Å². The largest absolute Gasteiger partial charge is 0.481 e. The highest BCUT2D eigenvalue weighted by Gasteiger charge is 2.82. The Bertz CT molecular complexity index is 4940. The first-order chi connectivity index (χ1) is 63.3. The highest BCUT2D eigenvalue weighted by molar-refractivity contribution is 5.79. The van der Waals surface area contributed by atoms with Gasteiger partial charge in [0.15, 0.2) is 0 Å². The molecule has 20 aliphatic carbocycles. The highest BCUT2D eigenvalue weighted by Crippen LogP contribution is 2.85. The van der Waals surface area contributed by atoms with Gasteiger partial charge in [0.25, 0.3) is 11.8 Å². The number of halogens is 8. The Morgan fingerprint density at radius 2 is 0.638 bits per heavy atom. The summed E-state index contributed by atoms with van der Waals surface area (Å²) in [7, 11) is 0. The van der Waals surface area contributed by atoms with E-state index >= 15 is 35.1 Å². The zero-order valence-electron chi connectivity index (χ0n) is 90.3. The monoisotopic (exact) mass is 1940 g/mol. The van der Waals surface area contributed by atoms with Gasteiger partial charge in [-0.1, -0.05) is 240 Å². The standard InChI is InChI=1S/2C30H46F2O3.2C30H46F2O2/c1-17-10-13-29(24(34)35)15-14-27(6)19(23(29)18(17)2)8-9-20-26(5)12-11-22(33)25(3,4)21(26)16-30(31,32)28(20,27)7;1-17-10-11-29(24(33)34)14-13-27(6)19(23(29)18(17)2)8-9-20-26(5)12-15-30(32,35)25(3,4)21(26)16-22(31)28(20,27)7;1-18-10-13-29(24(33)34)16-15-27(6)20(23(29)19(18)2)8-9-22-26(5)14-17-30(31,32)25(3,4)21(26)11-12-28(22,27)7;1-17-10-13-30(25(33)34)15-14-28(6)19(24(30)18(17)2)8-9-20-27(5)12-11-22(31)26(3,4)21(27)16-23(32)29(20,28)7/h8,17-18,20-23,33H,9-16H2,1-7H3,(H,34,35);8,17-18,20-23,35H,9-16H2,1-7H3,(H,33,34);8,18-19,21-23H,9-17H2,1-7H3,(H,33,34);8,17-18,20-24H,9-16H2,1-7H3,(H,33,34). The van der Waals surface area contributed by atoms with E-state index in [-0.39, 0.29) is 146 Å². The van der Waals surface area contributed by atoms with Crippen molar-refractivity contribution in [3.8, 4) is 0 Å². The topological polar surface area (TPSA) is 190 Å². The van der Waals surface area contributed by atoms with Gasteiger partial charge in [0.1, 0.15) is 18.5 Å². The molecule has 20 rings (SSSR count). The van der Waals surface area contributed by atoms with Crippen molar-refractivity contribution in [1.29, 1.82) is 0 Å². The summed E-state index contributed by atoms with van der Waals surface area (Å²) >= 11 is 0. The lowest BCUT2D eigenvalue weighted by Crippen LogP contribution is -2.71. The smallest absolute Gasteiger partial charge is 0.310 e. The number of hydrogen-bond donors (Lipinski definition) is 6. The maximum atomic E-state index is 16.8. The van der Waals surface area contributed by atoms with Crippen molar-refractivity contribution in [2.45, 2.75) is 448 Å². The molecule has 138 heavy (non-hydrogen) atoms. The molecule has 0 bridgehead atoms. The summed E-state index contributed by atoms with van der Waals surface area (Å²) in [5.41, 5.74) is -5.80. The zero-order chi connectivity index (χ0) is 102. The second-order valence-corrected chi connectivity index (χ2v) is 58.3. The van der Waals surface area contributed by atoms with Gasteiger partial charge >= 0.3 is 23.9 Å². The summed E-state index contributed by atoms with van der Waals surface area (Å²) < 4.78 is 128. The van der Waals surface area contributed by atoms with Crippen LogP contribution in [0.25, 0.3) is 0 Å². The van der Waals surface area contributed by atoms with Gasteiger partial charge in [-0.05, 0) is 365 Å². The number of carbonyl (C=O) groups is 4. The van der Waals surface area contributed by atoms with E-state index in [1.165, 1.54) is 16.7 Å². The molecule has 780 valence electrons. The Balaban J connectivity index is 0.000000127. The molecule has 0 heterocycles. The van der Waals surface area contributed by atoms with E-state index in [2.05, 4.69) is 156 Å². The van der Waals surface area contributed by atoms with Gasteiger partial charge in [-0.15, -0.1) is 0 Å². The van der Waals surface area contributed by atoms with Crippen LogP contribution < -0.4 is 0 Å². The van der Waals surface area contributed by atoms with Gasteiger partial charge in [0, 0.05) is 51.8 Å². The first kappa shape index (κ1) is 106. The normalized spacial score (nSPS) is 55.3. The van der Waals surface area contributed by atoms with Crippen molar-refractivity contribution in [2.75, 3.05) is 0 Å². The van der Waals surface area contributed by atoms with Crippen LogP contribution in [0.15, 0.2) is 46.6 Å². The second-order valence-electron chi connectivity index (χ2n) is 58.3. The van der Waals surface area contributed by atoms with Gasteiger partial charge in [0.05, 0.1) is 27.8 Å². The Labute approximate surface area is 825 Å². The molecule has 0 amide bonds.